The summed E-state index contributed by atoms with van der Waals surface area (Å²) in [7, 11) is 0. The van der Waals surface area contributed by atoms with E-state index in [1.54, 1.807) is 0 Å². The van der Waals surface area contributed by atoms with E-state index < -0.39 is 6.10 Å². The second-order valence-electron chi connectivity index (χ2n) is 5.36. The summed E-state index contributed by atoms with van der Waals surface area (Å²) in [5, 5.41) is 19.8. The zero-order valence-electron chi connectivity index (χ0n) is 11.3. The van der Waals surface area contributed by atoms with E-state index in [9.17, 15) is 10.2 Å². The molecule has 0 bridgehead atoms. The van der Waals surface area contributed by atoms with Crippen LogP contribution in [0.4, 0.5) is 5.69 Å². The number of aliphatic hydroxyl groups excluding tert-OH is 2. The highest BCUT2D eigenvalue weighted by Gasteiger charge is 2.22. The van der Waals surface area contributed by atoms with Crippen molar-refractivity contribution in [3.63, 3.8) is 0 Å². The number of hydrogen-bond acceptors (Lipinski definition) is 4. The molecule has 0 saturated carbocycles. The number of nitrogens with two attached hydrogens (primary N) is 1. The Morgan fingerprint density at radius 3 is 2.63 bits per heavy atom. The maximum Gasteiger partial charge on any atom is 0.0917 e. The van der Waals surface area contributed by atoms with Gasteiger partial charge in [0.2, 0.25) is 0 Å². The van der Waals surface area contributed by atoms with Crippen LogP contribution in [-0.4, -0.2) is 40.9 Å². The Balaban J connectivity index is 1.99. The van der Waals surface area contributed by atoms with Crippen LogP contribution in [0.3, 0.4) is 0 Å². The number of nitrogens with zero attached hydrogens (tertiary/aromatic N) is 1. The van der Waals surface area contributed by atoms with Crippen molar-refractivity contribution in [3.05, 3.63) is 29.8 Å². The van der Waals surface area contributed by atoms with Gasteiger partial charge in [0.05, 0.1) is 12.7 Å². The molecule has 4 nitrogen and oxygen atoms in total. The predicted molar refractivity (Wildman–Crippen MR) is 76.7 cm³/mol. The van der Waals surface area contributed by atoms with E-state index in [1.165, 1.54) is 12.8 Å². The van der Waals surface area contributed by atoms with E-state index in [0.717, 1.165) is 24.9 Å². The lowest BCUT2D eigenvalue weighted by molar-refractivity contribution is 0.0637. The molecule has 0 amide bonds. The van der Waals surface area contributed by atoms with Crippen molar-refractivity contribution in [2.45, 2.75) is 37.8 Å². The summed E-state index contributed by atoms with van der Waals surface area (Å²) in [6, 6.07) is 7.54. The van der Waals surface area contributed by atoms with Crippen molar-refractivity contribution < 1.29 is 10.2 Å². The highest BCUT2D eigenvalue weighted by molar-refractivity contribution is 5.39. The van der Waals surface area contributed by atoms with Gasteiger partial charge in [-0.25, -0.2) is 0 Å². The molecule has 2 unspecified atom stereocenters. The molecule has 0 spiro atoms. The molecule has 1 heterocycles. The topological polar surface area (TPSA) is 69.7 Å². The van der Waals surface area contributed by atoms with Crippen molar-refractivity contribution in [1.82, 2.24) is 4.90 Å². The number of β-amino-alcohol motifs (C(OH)–C–C–N with tert-alkyl or cyclic N) is 1. The molecular formula is C15H24N2O2. The number of benzene rings is 1. The minimum absolute atomic E-state index is 0.175. The Morgan fingerprint density at radius 1 is 1.21 bits per heavy atom. The molecule has 2 rings (SSSR count). The van der Waals surface area contributed by atoms with Gasteiger partial charge in [0.1, 0.15) is 0 Å². The van der Waals surface area contributed by atoms with E-state index in [4.69, 9.17) is 5.73 Å². The molecule has 0 radical (unpaired) electrons. The summed E-state index contributed by atoms with van der Waals surface area (Å²) in [6.07, 6.45) is 4.02. The summed E-state index contributed by atoms with van der Waals surface area (Å²) in [6.45, 7) is 1.71. The second-order valence-corrected chi connectivity index (χ2v) is 5.36. The fraction of sp³-hybridized carbons (Fsp3) is 0.600. The third-order valence-corrected chi connectivity index (χ3v) is 3.94. The summed E-state index contributed by atoms with van der Waals surface area (Å²) in [4.78, 5) is 2.22. The van der Waals surface area contributed by atoms with Crippen LogP contribution < -0.4 is 5.73 Å². The molecule has 19 heavy (non-hydrogen) atoms. The lowest BCUT2D eigenvalue weighted by Crippen LogP contribution is -2.40. The monoisotopic (exact) mass is 264 g/mol. The molecule has 1 aliphatic heterocycles. The van der Waals surface area contributed by atoms with Crippen LogP contribution in [0, 0.1) is 0 Å². The Hall–Kier alpha value is -1.10. The lowest BCUT2D eigenvalue weighted by atomic mass is 10.1. The van der Waals surface area contributed by atoms with Crippen LogP contribution in [0.1, 0.15) is 37.4 Å². The van der Waals surface area contributed by atoms with Crippen LogP contribution in [0.15, 0.2) is 24.3 Å². The molecular weight excluding hydrogens is 240 g/mol. The van der Waals surface area contributed by atoms with Gasteiger partial charge >= 0.3 is 0 Å². The smallest absolute Gasteiger partial charge is 0.0917 e. The zero-order valence-corrected chi connectivity index (χ0v) is 11.3. The molecule has 0 aromatic heterocycles. The fourth-order valence-electron chi connectivity index (χ4n) is 2.73. The summed E-state index contributed by atoms with van der Waals surface area (Å²) in [5.41, 5.74) is 7.24. The third kappa shape index (κ3) is 3.93. The van der Waals surface area contributed by atoms with Gasteiger partial charge in [-0.1, -0.05) is 25.0 Å². The van der Waals surface area contributed by atoms with Gasteiger partial charge in [0.25, 0.3) is 0 Å². The maximum atomic E-state index is 10.3. The average molecular weight is 264 g/mol. The average Bonchev–Trinajstić information content (AvgIpc) is 2.64. The van der Waals surface area contributed by atoms with Crippen molar-refractivity contribution in [2.75, 3.05) is 25.4 Å². The number of rotatable bonds is 4. The molecule has 2 atom stereocenters. The Labute approximate surface area is 114 Å². The zero-order chi connectivity index (χ0) is 13.7. The van der Waals surface area contributed by atoms with E-state index in [1.807, 2.05) is 24.3 Å². The van der Waals surface area contributed by atoms with Crippen LogP contribution >= 0.6 is 0 Å². The van der Waals surface area contributed by atoms with Crippen LogP contribution in [0.25, 0.3) is 0 Å². The quantitative estimate of drug-likeness (QED) is 0.722. The molecule has 1 fully saturated rings. The van der Waals surface area contributed by atoms with Crippen LogP contribution in [-0.2, 0) is 0 Å². The van der Waals surface area contributed by atoms with Crippen molar-refractivity contribution in [2.24, 2.45) is 0 Å². The van der Waals surface area contributed by atoms with E-state index in [-0.39, 0.29) is 12.6 Å². The molecule has 1 aromatic rings. The SMILES string of the molecule is Nc1ccc(C(O)CN2CCCCCC2CO)cc1. The van der Waals surface area contributed by atoms with Crippen LogP contribution in [0.2, 0.25) is 0 Å². The van der Waals surface area contributed by atoms with Crippen molar-refractivity contribution in [1.29, 1.82) is 0 Å². The number of nitrogen functional groups attached to an aromatic ring is 1. The van der Waals surface area contributed by atoms with Crippen molar-refractivity contribution >= 4 is 5.69 Å². The minimum Gasteiger partial charge on any atom is -0.399 e. The van der Waals surface area contributed by atoms with Gasteiger partial charge in [-0.05, 0) is 37.1 Å². The molecule has 0 aliphatic carbocycles. The third-order valence-electron chi connectivity index (χ3n) is 3.94. The Morgan fingerprint density at radius 2 is 1.95 bits per heavy atom. The first-order valence-corrected chi connectivity index (χ1v) is 7.09. The highest BCUT2D eigenvalue weighted by Crippen LogP contribution is 2.21. The second kappa shape index (κ2) is 6.89. The Bertz CT molecular complexity index is 380. The van der Waals surface area contributed by atoms with Crippen LogP contribution in [0.5, 0.6) is 0 Å². The normalized spacial score (nSPS) is 22.9. The number of hydrogen-bond donors (Lipinski definition) is 3. The molecule has 1 aliphatic rings. The number of likely N-dealkylation sites (tertiary alicyclic amines) is 1. The maximum absolute atomic E-state index is 10.3. The van der Waals surface area contributed by atoms with Crippen molar-refractivity contribution in [3.8, 4) is 0 Å². The lowest BCUT2D eigenvalue weighted by Gasteiger charge is -2.30. The molecule has 106 valence electrons. The van der Waals surface area contributed by atoms with Gasteiger partial charge in [-0.3, -0.25) is 4.90 Å². The highest BCUT2D eigenvalue weighted by atomic mass is 16.3. The van der Waals surface area contributed by atoms with Gasteiger partial charge in [-0.2, -0.15) is 0 Å². The predicted octanol–water partition coefficient (Wildman–Crippen LogP) is 1.54. The molecule has 4 heteroatoms. The van der Waals surface area contributed by atoms with Gasteiger partial charge in [0.15, 0.2) is 0 Å². The largest absolute Gasteiger partial charge is 0.399 e. The van der Waals surface area contributed by atoms with Gasteiger partial charge in [-0.15, -0.1) is 0 Å². The molecule has 1 saturated heterocycles. The summed E-state index contributed by atoms with van der Waals surface area (Å²) in [5.74, 6) is 0. The van der Waals surface area contributed by atoms with E-state index in [2.05, 4.69) is 4.90 Å². The summed E-state index contributed by atoms with van der Waals surface area (Å²) >= 11 is 0. The first-order chi connectivity index (χ1) is 9.20. The molecule has 4 N–H and O–H groups in total. The summed E-state index contributed by atoms with van der Waals surface area (Å²) < 4.78 is 0. The molecule has 1 aromatic carbocycles. The standard InChI is InChI=1S/C15H24N2O2/c16-13-7-5-12(6-8-13)15(19)10-17-9-3-1-2-4-14(17)11-18/h5-8,14-15,18-19H,1-4,9-11,16H2. The fourth-order valence-corrected chi connectivity index (χ4v) is 2.73. The number of anilines is 1. The van der Waals surface area contributed by atoms with Gasteiger partial charge in [0, 0.05) is 18.3 Å². The first kappa shape index (κ1) is 14.3. The van der Waals surface area contributed by atoms with E-state index in [0.29, 0.717) is 12.2 Å². The number of aliphatic hydroxyl groups is 2. The minimum atomic E-state index is -0.521. The Kier molecular flexibility index (Phi) is 5.19. The van der Waals surface area contributed by atoms with E-state index >= 15 is 0 Å². The first-order valence-electron chi connectivity index (χ1n) is 7.09. The van der Waals surface area contributed by atoms with Gasteiger partial charge < -0.3 is 15.9 Å².